The smallest absolute Gasteiger partial charge is 0.150 e. The number of hydrogen-bond acceptors (Lipinski definition) is 1. The lowest BCUT2D eigenvalue weighted by Crippen LogP contribution is -1.84. The maximum Gasteiger partial charge on any atom is 0.150 e. The number of halogens is 2. The Balaban J connectivity index is 2.20. The van der Waals surface area contributed by atoms with Gasteiger partial charge in [-0.1, -0.05) is 0 Å². The summed E-state index contributed by atoms with van der Waals surface area (Å²) in [6.07, 6.45) is 0. The largest absolute Gasteiger partial charge is 0.497 e. The summed E-state index contributed by atoms with van der Waals surface area (Å²) in [4.78, 5) is 3.03. The Labute approximate surface area is 115 Å². The molecule has 102 valence electrons. The van der Waals surface area contributed by atoms with E-state index in [1.165, 1.54) is 6.07 Å². The van der Waals surface area contributed by atoms with Gasteiger partial charge in [0.2, 0.25) is 0 Å². The van der Waals surface area contributed by atoms with Gasteiger partial charge in [0, 0.05) is 17.1 Å². The topological polar surface area (TPSA) is 25.0 Å². The standard InChI is InChI=1S/C16H13F2NO/c1-9-13-7-11(17)8-14(18)16(13)19-15(9)10-3-5-12(20-2)6-4-10/h3-8,19H,1-2H3. The number of aryl methyl sites for hydroxylation is 1. The van der Waals surface area contributed by atoms with E-state index in [9.17, 15) is 8.78 Å². The van der Waals surface area contributed by atoms with Gasteiger partial charge in [-0.15, -0.1) is 0 Å². The summed E-state index contributed by atoms with van der Waals surface area (Å²) < 4.78 is 32.2. The van der Waals surface area contributed by atoms with Crippen LogP contribution in [-0.2, 0) is 0 Å². The first kappa shape index (κ1) is 12.7. The van der Waals surface area contributed by atoms with Crippen molar-refractivity contribution in [3.63, 3.8) is 0 Å². The summed E-state index contributed by atoms with van der Waals surface area (Å²) in [6.45, 7) is 1.84. The Morgan fingerprint density at radius 3 is 2.40 bits per heavy atom. The number of benzene rings is 2. The molecule has 0 spiro atoms. The molecule has 0 fully saturated rings. The molecule has 0 aliphatic carbocycles. The van der Waals surface area contributed by atoms with Crippen LogP contribution in [0.15, 0.2) is 36.4 Å². The molecular formula is C16H13F2NO. The van der Waals surface area contributed by atoms with E-state index in [0.29, 0.717) is 10.9 Å². The number of aromatic nitrogens is 1. The minimum absolute atomic E-state index is 0.328. The Morgan fingerprint density at radius 2 is 1.75 bits per heavy atom. The van der Waals surface area contributed by atoms with E-state index < -0.39 is 11.6 Å². The lowest BCUT2D eigenvalue weighted by Gasteiger charge is -2.03. The number of fused-ring (bicyclic) bond motifs is 1. The summed E-state index contributed by atoms with van der Waals surface area (Å²) >= 11 is 0. The number of H-pyrrole nitrogens is 1. The van der Waals surface area contributed by atoms with Gasteiger partial charge in [-0.2, -0.15) is 0 Å². The van der Waals surface area contributed by atoms with Crippen LogP contribution in [0, 0.1) is 18.6 Å². The van der Waals surface area contributed by atoms with Crippen molar-refractivity contribution in [1.82, 2.24) is 4.98 Å². The van der Waals surface area contributed by atoms with Gasteiger partial charge in [-0.05, 0) is 48.4 Å². The molecule has 0 amide bonds. The van der Waals surface area contributed by atoms with Gasteiger partial charge in [0.15, 0.2) is 0 Å². The van der Waals surface area contributed by atoms with Gasteiger partial charge in [-0.3, -0.25) is 0 Å². The molecule has 3 aromatic rings. The molecule has 0 saturated heterocycles. The van der Waals surface area contributed by atoms with Crippen molar-refractivity contribution in [1.29, 1.82) is 0 Å². The maximum atomic E-state index is 13.8. The molecule has 0 aliphatic heterocycles. The molecule has 0 unspecified atom stereocenters. The fraction of sp³-hybridized carbons (Fsp3) is 0.125. The molecule has 2 aromatic carbocycles. The number of ether oxygens (including phenoxy) is 1. The molecule has 1 N–H and O–H groups in total. The normalized spacial score (nSPS) is 11.0. The number of methoxy groups -OCH3 is 1. The summed E-state index contributed by atoms with van der Waals surface area (Å²) in [5.74, 6) is -0.402. The Bertz CT molecular complexity index is 775. The van der Waals surface area contributed by atoms with Crippen LogP contribution in [0.4, 0.5) is 8.78 Å². The Hall–Kier alpha value is -2.36. The van der Waals surface area contributed by atoms with Crippen molar-refractivity contribution in [2.24, 2.45) is 0 Å². The zero-order valence-corrected chi connectivity index (χ0v) is 11.1. The molecule has 1 aromatic heterocycles. The van der Waals surface area contributed by atoms with Crippen molar-refractivity contribution in [3.05, 3.63) is 53.6 Å². The van der Waals surface area contributed by atoms with Crippen molar-refractivity contribution in [2.45, 2.75) is 6.92 Å². The molecule has 4 heteroatoms. The zero-order valence-electron chi connectivity index (χ0n) is 11.1. The minimum Gasteiger partial charge on any atom is -0.497 e. The van der Waals surface area contributed by atoms with E-state index in [2.05, 4.69) is 4.98 Å². The summed E-state index contributed by atoms with van der Waals surface area (Å²) in [6, 6.07) is 9.65. The number of aromatic amines is 1. The molecule has 2 nitrogen and oxygen atoms in total. The summed E-state index contributed by atoms with van der Waals surface area (Å²) in [5.41, 5.74) is 2.84. The first-order valence-electron chi connectivity index (χ1n) is 6.22. The highest BCUT2D eigenvalue weighted by Crippen LogP contribution is 2.32. The van der Waals surface area contributed by atoms with E-state index in [4.69, 9.17) is 4.74 Å². The summed E-state index contributed by atoms with van der Waals surface area (Å²) in [5, 5.41) is 0.563. The van der Waals surface area contributed by atoms with Crippen LogP contribution in [0.25, 0.3) is 22.2 Å². The highest BCUT2D eigenvalue weighted by atomic mass is 19.1. The second kappa shape index (κ2) is 4.63. The van der Waals surface area contributed by atoms with Gasteiger partial charge >= 0.3 is 0 Å². The third-order valence-corrected chi connectivity index (χ3v) is 3.46. The third-order valence-electron chi connectivity index (χ3n) is 3.46. The highest BCUT2D eigenvalue weighted by molar-refractivity contribution is 5.90. The maximum absolute atomic E-state index is 13.8. The van der Waals surface area contributed by atoms with Crippen LogP contribution in [0.1, 0.15) is 5.56 Å². The number of nitrogens with one attached hydrogen (secondary N) is 1. The second-order valence-corrected chi connectivity index (χ2v) is 4.66. The van der Waals surface area contributed by atoms with E-state index in [1.807, 2.05) is 31.2 Å². The lowest BCUT2D eigenvalue weighted by atomic mass is 10.1. The predicted molar refractivity (Wildman–Crippen MR) is 74.9 cm³/mol. The van der Waals surface area contributed by atoms with E-state index in [0.717, 1.165) is 28.6 Å². The summed E-state index contributed by atoms with van der Waals surface area (Å²) in [7, 11) is 1.60. The monoisotopic (exact) mass is 273 g/mol. The van der Waals surface area contributed by atoms with E-state index in [-0.39, 0.29) is 0 Å². The van der Waals surface area contributed by atoms with Crippen molar-refractivity contribution >= 4 is 10.9 Å². The van der Waals surface area contributed by atoms with Crippen LogP contribution >= 0.6 is 0 Å². The van der Waals surface area contributed by atoms with Gasteiger partial charge < -0.3 is 9.72 Å². The molecule has 0 radical (unpaired) electrons. The minimum atomic E-state index is -0.581. The van der Waals surface area contributed by atoms with Gasteiger partial charge in [0.1, 0.15) is 17.4 Å². The van der Waals surface area contributed by atoms with E-state index in [1.54, 1.807) is 7.11 Å². The molecule has 0 saturated carbocycles. The first-order valence-corrected chi connectivity index (χ1v) is 6.22. The number of rotatable bonds is 2. The van der Waals surface area contributed by atoms with Crippen LogP contribution in [0.5, 0.6) is 5.75 Å². The Morgan fingerprint density at radius 1 is 1.05 bits per heavy atom. The van der Waals surface area contributed by atoms with Gasteiger partial charge in [-0.25, -0.2) is 8.78 Å². The first-order chi connectivity index (χ1) is 9.60. The third kappa shape index (κ3) is 1.93. The zero-order chi connectivity index (χ0) is 14.3. The van der Waals surface area contributed by atoms with Gasteiger partial charge in [0.25, 0.3) is 0 Å². The van der Waals surface area contributed by atoms with Crippen molar-refractivity contribution in [2.75, 3.05) is 7.11 Å². The van der Waals surface area contributed by atoms with Crippen molar-refractivity contribution < 1.29 is 13.5 Å². The van der Waals surface area contributed by atoms with Crippen LogP contribution in [-0.4, -0.2) is 12.1 Å². The molecule has 3 rings (SSSR count). The molecule has 1 heterocycles. The van der Waals surface area contributed by atoms with Crippen LogP contribution in [0.2, 0.25) is 0 Å². The van der Waals surface area contributed by atoms with Gasteiger partial charge in [0.05, 0.1) is 12.6 Å². The average Bonchev–Trinajstić information content (AvgIpc) is 2.77. The SMILES string of the molecule is COc1ccc(-c2[nH]c3c(F)cc(F)cc3c2C)cc1. The molecule has 0 atom stereocenters. The van der Waals surface area contributed by atoms with E-state index >= 15 is 0 Å². The molecule has 0 aliphatic rings. The predicted octanol–water partition coefficient (Wildman–Crippen LogP) is 4.43. The molecule has 0 bridgehead atoms. The fourth-order valence-electron chi connectivity index (χ4n) is 2.40. The fourth-order valence-corrected chi connectivity index (χ4v) is 2.40. The Kier molecular flexibility index (Phi) is 2.93. The molecule has 20 heavy (non-hydrogen) atoms. The quantitative estimate of drug-likeness (QED) is 0.734. The highest BCUT2D eigenvalue weighted by Gasteiger charge is 2.14. The molecular weight excluding hydrogens is 260 g/mol. The second-order valence-electron chi connectivity index (χ2n) is 4.66. The van der Waals surface area contributed by atoms with Crippen LogP contribution < -0.4 is 4.74 Å². The number of hydrogen-bond donors (Lipinski definition) is 1. The van der Waals surface area contributed by atoms with Crippen molar-refractivity contribution in [3.8, 4) is 17.0 Å². The van der Waals surface area contributed by atoms with Crippen LogP contribution in [0.3, 0.4) is 0 Å². The average molecular weight is 273 g/mol. The lowest BCUT2D eigenvalue weighted by molar-refractivity contribution is 0.415.